The topological polar surface area (TPSA) is 21.7 Å². The number of rotatable bonds is 7. The van der Waals surface area contributed by atoms with Crippen LogP contribution in [0.25, 0.3) is 0 Å². The van der Waals surface area contributed by atoms with Crippen LogP contribution in [0.5, 0.6) is 0 Å². The molecule has 0 bridgehead atoms. The average molecular weight is 299 g/mol. The third kappa shape index (κ3) is 10.3. The zero-order valence-corrected chi connectivity index (χ0v) is 15.2. The van der Waals surface area contributed by atoms with Gasteiger partial charge in [0.15, 0.2) is 0 Å². The van der Waals surface area contributed by atoms with Crippen LogP contribution in [0, 0.1) is 11.3 Å². The fourth-order valence-electron chi connectivity index (χ4n) is 2.61. The van der Waals surface area contributed by atoms with Crippen LogP contribution < -0.4 is 0 Å². The molecular formula is C18H37NO2. The molecule has 0 radical (unpaired) electrons. The highest BCUT2D eigenvalue weighted by Gasteiger charge is 2.20. The lowest BCUT2D eigenvalue weighted by atomic mass is 9.94. The predicted octanol–water partition coefficient (Wildman–Crippen LogP) is 3.97. The predicted molar refractivity (Wildman–Crippen MR) is 89.8 cm³/mol. The van der Waals surface area contributed by atoms with Gasteiger partial charge in [0, 0.05) is 13.2 Å². The molecule has 0 spiro atoms. The Bertz CT molecular complexity index is 270. The van der Waals surface area contributed by atoms with Crippen molar-refractivity contribution in [3.63, 3.8) is 0 Å². The summed E-state index contributed by atoms with van der Waals surface area (Å²) < 4.78 is 11.6. The molecule has 0 atom stereocenters. The summed E-state index contributed by atoms with van der Waals surface area (Å²) in [7, 11) is 0. The van der Waals surface area contributed by atoms with E-state index in [2.05, 4.69) is 46.4 Å². The van der Waals surface area contributed by atoms with Gasteiger partial charge in [-0.05, 0) is 64.5 Å². The first-order valence-electron chi connectivity index (χ1n) is 8.60. The molecule has 21 heavy (non-hydrogen) atoms. The van der Waals surface area contributed by atoms with Crippen LogP contribution in [0.1, 0.15) is 60.8 Å². The normalized spacial score (nSPS) is 19.1. The molecule has 0 unspecified atom stereocenters. The van der Waals surface area contributed by atoms with Gasteiger partial charge in [-0.3, -0.25) is 0 Å². The molecule has 0 aromatic rings. The lowest BCUT2D eigenvalue weighted by Gasteiger charge is -2.32. The molecule has 0 aromatic carbocycles. The molecule has 126 valence electrons. The molecule has 1 aliphatic rings. The molecular weight excluding hydrogens is 262 g/mol. The molecule has 1 rings (SSSR count). The summed E-state index contributed by atoms with van der Waals surface area (Å²) in [6.07, 6.45) is 3.85. The van der Waals surface area contributed by atoms with E-state index in [0.29, 0.717) is 0 Å². The van der Waals surface area contributed by atoms with Crippen molar-refractivity contribution in [2.45, 2.75) is 66.4 Å². The summed E-state index contributed by atoms with van der Waals surface area (Å²) in [5.74, 6) is 0.852. The van der Waals surface area contributed by atoms with Gasteiger partial charge in [-0.2, -0.15) is 0 Å². The van der Waals surface area contributed by atoms with Crippen LogP contribution in [0.2, 0.25) is 0 Å². The van der Waals surface area contributed by atoms with Crippen molar-refractivity contribution in [2.75, 3.05) is 39.5 Å². The van der Waals surface area contributed by atoms with Gasteiger partial charge in [-0.1, -0.05) is 20.8 Å². The van der Waals surface area contributed by atoms with Crippen molar-refractivity contribution in [2.24, 2.45) is 11.3 Å². The quantitative estimate of drug-likeness (QED) is 0.664. The van der Waals surface area contributed by atoms with Gasteiger partial charge in [0.1, 0.15) is 0 Å². The zero-order chi connectivity index (χ0) is 15.9. The number of nitrogens with zero attached hydrogens (tertiary/aromatic N) is 1. The minimum atomic E-state index is -0.0112. The number of ether oxygens (including phenoxy) is 2. The Morgan fingerprint density at radius 1 is 0.952 bits per heavy atom. The highest BCUT2D eigenvalue weighted by molar-refractivity contribution is 4.73. The van der Waals surface area contributed by atoms with Gasteiger partial charge in [0.25, 0.3) is 0 Å². The Morgan fingerprint density at radius 3 is 2.10 bits per heavy atom. The molecule has 3 heteroatoms. The molecule has 0 amide bonds. The smallest absolute Gasteiger partial charge is 0.0600 e. The lowest BCUT2D eigenvalue weighted by Crippen LogP contribution is -2.37. The van der Waals surface area contributed by atoms with Crippen LogP contribution >= 0.6 is 0 Å². The monoisotopic (exact) mass is 299 g/mol. The first kappa shape index (κ1) is 18.9. The van der Waals surface area contributed by atoms with Crippen molar-refractivity contribution in [3.8, 4) is 0 Å². The molecule has 3 nitrogen and oxygen atoms in total. The average Bonchev–Trinajstić information content (AvgIpc) is 2.34. The summed E-state index contributed by atoms with van der Waals surface area (Å²) in [6, 6.07) is 0. The second-order valence-electron chi connectivity index (χ2n) is 8.65. The van der Waals surface area contributed by atoms with Crippen molar-refractivity contribution in [3.05, 3.63) is 0 Å². The van der Waals surface area contributed by atoms with Gasteiger partial charge in [-0.25, -0.2) is 0 Å². The van der Waals surface area contributed by atoms with Crippen LogP contribution in [0.4, 0.5) is 0 Å². The first-order valence-corrected chi connectivity index (χ1v) is 8.60. The maximum Gasteiger partial charge on any atom is 0.0600 e. The maximum absolute atomic E-state index is 5.81. The van der Waals surface area contributed by atoms with Gasteiger partial charge < -0.3 is 14.4 Å². The molecule has 1 heterocycles. The number of hydrogen-bond acceptors (Lipinski definition) is 3. The second-order valence-corrected chi connectivity index (χ2v) is 8.65. The molecule has 0 N–H and O–H groups in total. The minimum absolute atomic E-state index is 0.0112. The summed E-state index contributed by atoms with van der Waals surface area (Å²) >= 11 is 0. The van der Waals surface area contributed by atoms with Crippen molar-refractivity contribution in [1.82, 2.24) is 4.90 Å². The third-order valence-corrected chi connectivity index (χ3v) is 3.86. The minimum Gasteiger partial charge on any atom is -0.381 e. The molecule has 1 saturated heterocycles. The van der Waals surface area contributed by atoms with Crippen molar-refractivity contribution >= 4 is 0 Å². The largest absolute Gasteiger partial charge is 0.381 e. The molecule has 1 aliphatic heterocycles. The number of hydrogen-bond donors (Lipinski definition) is 0. The van der Waals surface area contributed by atoms with Crippen LogP contribution in [-0.2, 0) is 9.47 Å². The summed E-state index contributed by atoms with van der Waals surface area (Å²) in [4.78, 5) is 2.54. The zero-order valence-electron chi connectivity index (χ0n) is 15.2. The van der Waals surface area contributed by atoms with E-state index in [4.69, 9.17) is 9.47 Å². The van der Waals surface area contributed by atoms with E-state index >= 15 is 0 Å². The summed E-state index contributed by atoms with van der Waals surface area (Å²) in [6.45, 7) is 19.2. The van der Waals surface area contributed by atoms with E-state index in [1.54, 1.807) is 0 Å². The number of likely N-dealkylation sites (tertiary alicyclic amines) is 1. The lowest BCUT2D eigenvalue weighted by molar-refractivity contribution is -0.0170. The van der Waals surface area contributed by atoms with Gasteiger partial charge >= 0.3 is 0 Å². The molecule has 0 saturated carbocycles. The van der Waals surface area contributed by atoms with Gasteiger partial charge in [-0.15, -0.1) is 0 Å². The van der Waals surface area contributed by atoms with E-state index in [0.717, 1.165) is 32.3 Å². The van der Waals surface area contributed by atoms with E-state index in [-0.39, 0.29) is 11.0 Å². The van der Waals surface area contributed by atoms with E-state index in [9.17, 15) is 0 Å². The first-order chi connectivity index (χ1) is 9.66. The Hall–Kier alpha value is -0.120. The van der Waals surface area contributed by atoms with Gasteiger partial charge in [0.05, 0.1) is 18.8 Å². The number of piperidine rings is 1. The van der Waals surface area contributed by atoms with Crippen LogP contribution in [-0.4, -0.2) is 50.0 Å². The summed E-state index contributed by atoms with van der Waals surface area (Å²) in [5.41, 5.74) is 0.277. The van der Waals surface area contributed by atoms with E-state index in [1.807, 2.05) is 0 Å². The second kappa shape index (κ2) is 8.50. The molecule has 1 fully saturated rings. The van der Waals surface area contributed by atoms with Crippen molar-refractivity contribution in [1.29, 1.82) is 0 Å². The Kier molecular flexibility index (Phi) is 7.66. The van der Waals surface area contributed by atoms with E-state index < -0.39 is 0 Å². The maximum atomic E-state index is 5.81. The Balaban J connectivity index is 2.04. The molecule has 0 aromatic heterocycles. The fraction of sp³-hybridized carbons (Fsp3) is 1.00. The fourth-order valence-corrected chi connectivity index (χ4v) is 2.61. The standard InChI is InChI=1S/C18H37NO2/c1-17(2,3)15-20-13-9-16-7-10-19(11-8-16)12-14-21-18(4,5)6/h16H,7-15H2,1-6H3. The van der Waals surface area contributed by atoms with Gasteiger partial charge in [0.2, 0.25) is 0 Å². The van der Waals surface area contributed by atoms with Crippen LogP contribution in [0.15, 0.2) is 0 Å². The highest BCUT2D eigenvalue weighted by atomic mass is 16.5. The highest BCUT2D eigenvalue weighted by Crippen LogP contribution is 2.21. The summed E-state index contributed by atoms with van der Waals surface area (Å²) in [5, 5.41) is 0. The van der Waals surface area contributed by atoms with Crippen LogP contribution in [0.3, 0.4) is 0 Å². The Morgan fingerprint density at radius 2 is 1.57 bits per heavy atom. The Labute approximate surface area is 132 Å². The van der Waals surface area contributed by atoms with E-state index in [1.165, 1.54) is 32.4 Å². The van der Waals surface area contributed by atoms with Crippen molar-refractivity contribution < 1.29 is 9.47 Å². The SMILES string of the molecule is CC(C)(C)COCCC1CCN(CCOC(C)(C)C)CC1. The third-order valence-electron chi connectivity index (χ3n) is 3.86. The molecule has 0 aliphatic carbocycles.